The van der Waals surface area contributed by atoms with Gasteiger partial charge in [-0.1, -0.05) is 0 Å². The Morgan fingerprint density at radius 2 is 2.18 bits per heavy atom. The van der Waals surface area contributed by atoms with Crippen molar-refractivity contribution in [3.8, 4) is 0 Å². The van der Waals surface area contributed by atoms with E-state index < -0.39 is 0 Å². The van der Waals surface area contributed by atoms with Crippen LogP contribution in [0.2, 0.25) is 0 Å². The summed E-state index contributed by atoms with van der Waals surface area (Å²) in [5.41, 5.74) is 0. The number of ketones is 1. The molecule has 0 spiro atoms. The molecule has 0 aromatic carbocycles. The van der Waals surface area contributed by atoms with Crippen molar-refractivity contribution < 1.29 is 4.79 Å². The Morgan fingerprint density at radius 1 is 1.27 bits per heavy atom. The Balaban J connectivity index is 1.98. The summed E-state index contributed by atoms with van der Waals surface area (Å²) >= 11 is 0. The van der Waals surface area contributed by atoms with E-state index in [1.807, 2.05) is 0 Å². The standard InChI is InChI=1S/C9H15NO/c11-9-2-1-7-3-4-10-6-8(7)5-9/h7-8,10H,1-6H2. The predicted molar refractivity (Wildman–Crippen MR) is 43.3 cm³/mol. The summed E-state index contributed by atoms with van der Waals surface area (Å²) in [5, 5.41) is 3.35. The third kappa shape index (κ3) is 1.45. The molecule has 0 radical (unpaired) electrons. The van der Waals surface area contributed by atoms with Gasteiger partial charge in [0.1, 0.15) is 5.78 Å². The topological polar surface area (TPSA) is 29.1 Å². The Kier molecular flexibility index (Phi) is 1.95. The zero-order valence-electron chi connectivity index (χ0n) is 6.81. The lowest BCUT2D eigenvalue weighted by molar-refractivity contribution is -0.123. The van der Waals surface area contributed by atoms with E-state index in [9.17, 15) is 4.79 Å². The van der Waals surface area contributed by atoms with E-state index in [1.54, 1.807) is 0 Å². The molecule has 2 unspecified atom stereocenters. The summed E-state index contributed by atoms with van der Waals surface area (Å²) < 4.78 is 0. The highest BCUT2D eigenvalue weighted by atomic mass is 16.1. The van der Waals surface area contributed by atoms with E-state index in [0.29, 0.717) is 11.7 Å². The lowest BCUT2D eigenvalue weighted by atomic mass is 9.75. The Morgan fingerprint density at radius 3 is 3.09 bits per heavy atom. The lowest BCUT2D eigenvalue weighted by Crippen LogP contribution is -2.40. The van der Waals surface area contributed by atoms with Crippen LogP contribution in [-0.2, 0) is 4.79 Å². The molecule has 0 amide bonds. The molecule has 11 heavy (non-hydrogen) atoms. The Bertz CT molecular complexity index is 167. The van der Waals surface area contributed by atoms with Gasteiger partial charge in [-0.05, 0) is 37.8 Å². The number of piperidine rings is 1. The molecule has 1 heterocycles. The largest absolute Gasteiger partial charge is 0.316 e. The van der Waals surface area contributed by atoms with Crippen molar-refractivity contribution in [2.45, 2.75) is 25.7 Å². The van der Waals surface area contributed by atoms with Crippen LogP contribution in [0.15, 0.2) is 0 Å². The SMILES string of the molecule is O=C1CCC2CCNCC2C1. The second-order valence-corrected chi connectivity index (χ2v) is 3.79. The van der Waals surface area contributed by atoms with Gasteiger partial charge in [-0.15, -0.1) is 0 Å². The van der Waals surface area contributed by atoms with Crippen LogP contribution < -0.4 is 5.32 Å². The molecule has 2 aliphatic rings. The van der Waals surface area contributed by atoms with Gasteiger partial charge < -0.3 is 5.32 Å². The zero-order chi connectivity index (χ0) is 7.68. The number of Topliss-reactive ketones (excluding diaryl/α,β-unsaturated/α-hetero) is 1. The van der Waals surface area contributed by atoms with Crippen molar-refractivity contribution in [3.63, 3.8) is 0 Å². The van der Waals surface area contributed by atoms with Crippen molar-refractivity contribution in [3.05, 3.63) is 0 Å². The number of hydrogen-bond donors (Lipinski definition) is 1. The molecule has 0 aromatic rings. The van der Waals surface area contributed by atoms with Gasteiger partial charge in [-0.25, -0.2) is 0 Å². The minimum atomic E-state index is 0.481. The van der Waals surface area contributed by atoms with E-state index in [0.717, 1.165) is 38.3 Å². The minimum Gasteiger partial charge on any atom is -0.316 e. The Labute approximate surface area is 67.4 Å². The molecule has 0 aromatic heterocycles. The summed E-state index contributed by atoms with van der Waals surface area (Å²) in [6, 6.07) is 0. The number of nitrogens with one attached hydrogen (secondary N) is 1. The molecule has 0 bridgehead atoms. The van der Waals surface area contributed by atoms with Crippen LogP contribution in [-0.4, -0.2) is 18.9 Å². The first kappa shape index (κ1) is 7.29. The highest BCUT2D eigenvalue weighted by Crippen LogP contribution is 2.31. The fraction of sp³-hybridized carbons (Fsp3) is 0.889. The van der Waals surface area contributed by atoms with Crippen LogP contribution in [0.4, 0.5) is 0 Å². The fourth-order valence-corrected chi connectivity index (χ4v) is 2.34. The van der Waals surface area contributed by atoms with Crippen LogP contribution in [0.1, 0.15) is 25.7 Å². The van der Waals surface area contributed by atoms with Crippen LogP contribution in [0.25, 0.3) is 0 Å². The summed E-state index contributed by atoms with van der Waals surface area (Å²) in [6.07, 6.45) is 4.14. The number of rotatable bonds is 0. The maximum atomic E-state index is 11.1. The van der Waals surface area contributed by atoms with Gasteiger partial charge in [0.05, 0.1) is 0 Å². The molecule has 1 N–H and O–H groups in total. The molecule has 2 nitrogen and oxygen atoms in total. The number of fused-ring (bicyclic) bond motifs is 1. The first-order valence-electron chi connectivity index (χ1n) is 4.58. The first-order chi connectivity index (χ1) is 5.36. The van der Waals surface area contributed by atoms with E-state index in [1.165, 1.54) is 6.42 Å². The number of carbonyl (C=O) groups is 1. The molecule has 2 fully saturated rings. The van der Waals surface area contributed by atoms with Gasteiger partial charge in [-0.3, -0.25) is 4.79 Å². The maximum absolute atomic E-state index is 11.1. The van der Waals surface area contributed by atoms with Crippen LogP contribution in [0, 0.1) is 11.8 Å². The molecule has 2 heteroatoms. The highest BCUT2D eigenvalue weighted by molar-refractivity contribution is 5.79. The van der Waals surface area contributed by atoms with Crippen molar-refractivity contribution in [1.29, 1.82) is 0 Å². The van der Waals surface area contributed by atoms with Crippen molar-refractivity contribution in [2.75, 3.05) is 13.1 Å². The second-order valence-electron chi connectivity index (χ2n) is 3.79. The molecule has 1 aliphatic carbocycles. The normalized spacial score (nSPS) is 38.4. The van der Waals surface area contributed by atoms with Crippen LogP contribution >= 0.6 is 0 Å². The van der Waals surface area contributed by atoms with E-state index in [4.69, 9.17) is 0 Å². The molecular weight excluding hydrogens is 138 g/mol. The van der Waals surface area contributed by atoms with Gasteiger partial charge in [0, 0.05) is 12.8 Å². The number of hydrogen-bond acceptors (Lipinski definition) is 2. The number of carbonyl (C=O) groups excluding carboxylic acids is 1. The molecule has 62 valence electrons. The van der Waals surface area contributed by atoms with Gasteiger partial charge in [-0.2, -0.15) is 0 Å². The lowest BCUT2D eigenvalue weighted by Gasteiger charge is -2.35. The molecule has 1 aliphatic heterocycles. The summed E-state index contributed by atoms with van der Waals surface area (Å²) in [7, 11) is 0. The third-order valence-corrected chi connectivity index (χ3v) is 3.05. The van der Waals surface area contributed by atoms with Gasteiger partial charge in [0.15, 0.2) is 0 Å². The van der Waals surface area contributed by atoms with Crippen molar-refractivity contribution >= 4 is 5.78 Å². The van der Waals surface area contributed by atoms with Crippen LogP contribution in [0.3, 0.4) is 0 Å². The molecule has 2 atom stereocenters. The molecule has 2 rings (SSSR count). The summed E-state index contributed by atoms with van der Waals surface area (Å²) in [4.78, 5) is 11.1. The average Bonchev–Trinajstić information content (AvgIpc) is 2.04. The monoisotopic (exact) mass is 153 g/mol. The predicted octanol–water partition coefficient (Wildman–Crippen LogP) is 0.965. The molecular formula is C9H15NO. The average molecular weight is 153 g/mol. The maximum Gasteiger partial charge on any atom is 0.133 e. The van der Waals surface area contributed by atoms with E-state index in [-0.39, 0.29) is 0 Å². The van der Waals surface area contributed by atoms with Gasteiger partial charge >= 0.3 is 0 Å². The van der Waals surface area contributed by atoms with Gasteiger partial charge in [0.25, 0.3) is 0 Å². The summed E-state index contributed by atoms with van der Waals surface area (Å²) in [5.74, 6) is 2.01. The van der Waals surface area contributed by atoms with E-state index >= 15 is 0 Å². The quantitative estimate of drug-likeness (QED) is 0.561. The smallest absolute Gasteiger partial charge is 0.133 e. The van der Waals surface area contributed by atoms with Crippen molar-refractivity contribution in [2.24, 2.45) is 11.8 Å². The fourth-order valence-electron chi connectivity index (χ4n) is 2.34. The first-order valence-corrected chi connectivity index (χ1v) is 4.58. The summed E-state index contributed by atoms with van der Waals surface area (Å²) in [6.45, 7) is 2.24. The van der Waals surface area contributed by atoms with Gasteiger partial charge in [0.2, 0.25) is 0 Å². The third-order valence-electron chi connectivity index (χ3n) is 3.05. The van der Waals surface area contributed by atoms with Crippen LogP contribution in [0.5, 0.6) is 0 Å². The molecule has 1 saturated heterocycles. The minimum absolute atomic E-state index is 0.481. The second kappa shape index (κ2) is 2.94. The van der Waals surface area contributed by atoms with Crippen molar-refractivity contribution in [1.82, 2.24) is 5.32 Å². The molecule has 1 saturated carbocycles. The highest BCUT2D eigenvalue weighted by Gasteiger charge is 2.30. The Hall–Kier alpha value is -0.370. The zero-order valence-corrected chi connectivity index (χ0v) is 6.81. The van der Waals surface area contributed by atoms with E-state index in [2.05, 4.69) is 5.32 Å².